The van der Waals surface area contributed by atoms with Gasteiger partial charge >= 0.3 is 6.18 Å². The number of ether oxygens (including phenoxy) is 3. The van der Waals surface area contributed by atoms with Crippen molar-refractivity contribution in [1.29, 1.82) is 0 Å². The molecule has 34 heavy (non-hydrogen) atoms. The highest BCUT2D eigenvalue weighted by molar-refractivity contribution is 5.90. The number of pyridine rings is 3. The third-order valence-electron chi connectivity index (χ3n) is 5.11. The fourth-order valence-electron chi connectivity index (χ4n) is 3.47. The molecule has 4 heterocycles. The summed E-state index contributed by atoms with van der Waals surface area (Å²) >= 11 is 0. The van der Waals surface area contributed by atoms with E-state index in [1.54, 1.807) is 24.5 Å². The second kappa shape index (κ2) is 9.08. The van der Waals surface area contributed by atoms with Crippen molar-refractivity contribution in [2.45, 2.75) is 19.5 Å². The lowest BCUT2D eigenvalue weighted by atomic mass is 10.1. The molecule has 0 atom stereocenters. The molecule has 4 aromatic rings. The molecule has 0 spiro atoms. The predicted octanol–water partition coefficient (Wildman–Crippen LogP) is 4.84. The molecule has 0 bridgehead atoms. The molecule has 11 heteroatoms. The Morgan fingerprint density at radius 2 is 1.85 bits per heavy atom. The maximum absolute atomic E-state index is 12.3. The Morgan fingerprint density at radius 3 is 2.50 bits per heavy atom. The van der Waals surface area contributed by atoms with Gasteiger partial charge in [0.25, 0.3) is 5.88 Å². The summed E-state index contributed by atoms with van der Waals surface area (Å²) < 4.78 is 53.9. The molecule has 4 rings (SSSR count). The highest BCUT2D eigenvalue weighted by atomic mass is 19.4. The van der Waals surface area contributed by atoms with E-state index in [1.165, 1.54) is 31.0 Å². The molecule has 0 aliphatic heterocycles. The summed E-state index contributed by atoms with van der Waals surface area (Å²) in [6.07, 6.45) is -0.698. The summed E-state index contributed by atoms with van der Waals surface area (Å²) in [5.74, 6) is 0.834. The maximum Gasteiger partial charge on any atom is 0.392 e. The third kappa shape index (κ3) is 4.68. The summed E-state index contributed by atoms with van der Waals surface area (Å²) in [6, 6.07) is 6.61. The van der Waals surface area contributed by atoms with Crippen LogP contribution in [-0.2, 0) is 0 Å². The second-order valence-electron chi connectivity index (χ2n) is 7.41. The van der Waals surface area contributed by atoms with Crippen molar-refractivity contribution in [3.05, 3.63) is 48.4 Å². The monoisotopic (exact) mass is 474 g/mol. The minimum absolute atomic E-state index is 0.0375. The largest absolute Gasteiger partial charge is 0.494 e. The van der Waals surface area contributed by atoms with E-state index in [1.807, 2.05) is 13.0 Å². The molecular weight excluding hydrogens is 453 g/mol. The van der Waals surface area contributed by atoms with Gasteiger partial charge in [-0.2, -0.15) is 13.2 Å². The van der Waals surface area contributed by atoms with E-state index in [9.17, 15) is 18.3 Å². The Kier molecular flexibility index (Phi) is 6.18. The number of aromatic hydroxyl groups is 1. The fraction of sp³-hybridized carbons (Fsp3) is 0.261. The van der Waals surface area contributed by atoms with E-state index in [2.05, 4.69) is 15.0 Å². The lowest BCUT2D eigenvalue weighted by molar-refractivity contribution is -0.139. The first-order valence-electron chi connectivity index (χ1n) is 10.2. The first-order valence-corrected chi connectivity index (χ1v) is 10.2. The number of fused-ring (bicyclic) bond motifs is 1. The second-order valence-corrected chi connectivity index (χ2v) is 7.41. The van der Waals surface area contributed by atoms with Crippen molar-refractivity contribution in [1.82, 2.24) is 19.5 Å². The van der Waals surface area contributed by atoms with E-state index >= 15 is 0 Å². The Hall–Kier alpha value is -4.02. The highest BCUT2D eigenvalue weighted by Gasteiger charge is 2.27. The number of alkyl halides is 3. The van der Waals surface area contributed by atoms with E-state index in [-0.39, 0.29) is 11.8 Å². The van der Waals surface area contributed by atoms with Crippen LogP contribution in [0.15, 0.2) is 42.9 Å². The molecule has 0 unspecified atom stereocenters. The normalized spacial score (nSPS) is 11.6. The average molecular weight is 474 g/mol. The van der Waals surface area contributed by atoms with Crippen LogP contribution in [0.4, 0.5) is 13.2 Å². The number of aryl methyl sites for hydroxylation is 1. The van der Waals surface area contributed by atoms with Crippen LogP contribution in [0.25, 0.3) is 27.8 Å². The van der Waals surface area contributed by atoms with E-state index < -0.39 is 19.2 Å². The molecule has 1 N–H and O–H groups in total. The summed E-state index contributed by atoms with van der Waals surface area (Å²) in [7, 11) is 3.02. The van der Waals surface area contributed by atoms with Crippen LogP contribution in [0, 0.1) is 6.92 Å². The SMILES string of the molecule is COc1cc(-c2cc(C)c3c(O)n(-c4ccc(OCCC(F)(F)F)nc4)cc3n2)cnc1OC. The fourth-order valence-corrected chi connectivity index (χ4v) is 3.47. The van der Waals surface area contributed by atoms with E-state index in [4.69, 9.17) is 14.2 Å². The zero-order chi connectivity index (χ0) is 24.5. The van der Waals surface area contributed by atoms with Crippen LogP contribution in [0.2, 0.25) is 0 Å². The number of hydrogen-bond donors (Lipinski definition) is 1. The van der Waals surface area contributed by atoms with Gasteiger partial charge in [-0.3, -0.25) is 4.57 Å². The molecule has 4 aromatic heterocycles. The standard InChI is InChI=1S/C23H21F3N4O4/c1-13-8-16(14-9-18(32-2)21(33-3)28-10-14)29-17-12-30(22(31)20(13)17)15-4-5-19(27-11-15)34-7-6-23(24,25)26/h4-5,8-12,31H,6-7H2,1-3H3. The summed E-state index contributed by atoms with van der Waals surface area (Å²) in [4.78, 5) is 12.9. The number of nitrogens with zero attached hydrogens (tertiary/aromatic N) is 4. The smallest absolute Gasteiger partial charge is 0.392 e. The van der Waals surface area contributed by atoms with Crippen LogP contribution < -0.4 is 14.2 Å². The van der Waals surface area contributed by atoms with Crippen LogP contribution in [-0.4, -0.2) is 51.6 Å². The van der Waals surface area contributed by atoms with Crippen molar-refractivity contribution in [2.75, 3.05) is 20.8 Å². The molecule has 178 valence electrons. The van der Waals surface area contributed by atoms with Gasteiger partial charge in [-0.05, 0) is 30.7 Å². The van der Waals surface area contributed by atoms with Gasteiger partial charge in [-0.15, -0.1) is 0 Å². The van der Waals surface area contributed by atoms with E-state index in [0.717, 1.165) is 5.56 Å². The Balaban J connectivity index is 1.65. The van der Waals surface area contributed by atoms with Gasteiger partial charge in [-0.1, -0.05) is 0 Å². The number of hydrogen-bond acceptors (Lipinski definition) is 7. The molecule has 8 nitrogen and oxygen atoms in total. The number of aromatic nitrogens is 4. The van der Waals surface area contributed by atoms with Crippen LogP contribution in [0.5, 0.6) is 23.4 Å². The molecule has 0 radical (unpaired) electrons. The van der Waals surface area contributed by atoms with Gasteiger partial charge < -0.3 is 19.3 Å². The summed E-state index contributed by atoms with van der Waals surface area (Å²) in [5.41, 5.74) is 3.14. The van der Waals surface area contributed by atoms with Crippen molar-refractivity contribution in [3.63, 3.8) is 0 Å². The molecule has 0 saturated heterocycles. The number of rotatable bonds is 7. The first-order chi connectivity index (χ1) is 16.2. The van der Waals surface area contributed by atoms with Crippen molar-refractivity contribution in [2.24, 2.45) is 0 Å². The molecule has 0 aliphatic rings. The van der Waals surface area contributed by atoms with Crippen LogP contribution >= 0.6 is 0 Å². The van der Waals surface area contributed by atoms with Crippen LogP contribution in [0.3, 0.4) is 0 Å². The third-order valence-corrected chi connectivity index (χ3v) is 5.11. The van der Waals surface area contributed by atoms with E-state index in [0.29, 0.717) is 39.5 Å². The van der Waals surface area contributed by atoms with Gasteiger partial charge in [0.1, 0.15) is 0 Å². The van der Waals surface area contributed by atoms with Crippen molar-refractivity contribution < 1.29 is 32.5 Å². The minimum atomic E-state index is -4.30. The number of methoxy groups -OCH3 is 2. The van der Waals surface area contributed by atoms with Gasteiger partial charge in [0.15, 0.2) is 5.75 Å². The summed E-state index contributed by atoms with van der Waals surface area (Å²) in [5, 5.41) is 11.4. The first kappa shape index (κ1) is 23.1. The van der Waals surface area contributed by atoms with Gasteiger partial charge in [0.05, 0.1) is 55.7 Å². The molecular formula is C23H21F3N4O4. The molecule has 0 saturated carbocycles. The lowest BCUT2D eigenvalue weighted by Gasteiger charge is -2.09. The highest BCUT2D eigenvalue weighted by Crippen LogP contribution is 2.35. The summed E-state index contributed by atoms with van der Waals surface area (Å²) in [6.45, 7) is 1.33. The Bertz CT molecular complexity index is 1320. The van der Waals surface area contributed by atoms with Crippen molar-refractivity contribution in [3.8, 4) is 40.3 Å². The average Bonchev–Trinajstić information content (AvgIpc) is 3.15. The zero-order valence-corrected chi connectivity index (χ0v) is 18.6. The van der Waals surface area contributed by atoms with Crippen LogP contribution in [0.1, 0.15) is 12.0 Å². The zero-order valence-electron chi connectivity index (χ0n) is 18.6. The minimum Gasteiger partial charge on any atom is -0.494 e. The predicted molar refractivity (Wildman–Crippen MR) is 118 cm³/mol. The lowest BCUT2D eigenvalue weighted by Crippen LogP contribution is -2.13. The molecule has 0 aliphatic carbocycles. The van der Waals surface area contributed by atoms with Gasteiger partial charge in [0, 0.05) is 24.0 Å². The van der Waals surface area contributed by atoms with Gasteiger partial charge in [-0.25, -0.2) is 15.0 Å². The van der Waals surface area contributed by atoms with Crippen molar-refractivity contribution >= 4 is 10.9 Å². The maximum atomic E-state index is 12.3. The Labute approximate surface area is 192 Å². The number of halogens is 3. The molecule has 0 aromatic carbocycles. The quantitative estimate of drug-likeness (QED) is 0.410. The molecule has 0 amide bonds. The Morgan fingerprint density at radius 1 is 1.06 bits per heavy atom. The van der Waals surface area contributed by atoms with Gasteiger partial charge in [0.2, 0.25) is 11.8 Å². The topological polar surface area (TPSA) is 91.5 Å². The molecule has 0 fully saturated rings.